The van der Waals surface area contributed by atoms with Gasteiger partial charge in [0.1, 0.15) is 0 Å². The zero-order valence-corrected chi connectivity index (χ0v) is 9.47. The summed E-state index contributed by atoms with van der Waals surface area (Å²) in [6, 6.07) is 3.81. The van der Waals surface area contributed by atoms with E-state index in [1.807, 2.05) is 24.1 Å². The van der Waals surface area contributed by atoms with Crippen LogP contribution < -0.4 is 5.43 Å². The van der Waals surface area contributed by atoms with Crippen molar-refractivity contribution in [2.45, 2.75) is 6.92 Å². The van der Waals surface area contributed by atoms with Crippen LogP contribution >= 0.6 is 11.3 Å². The van der Waals surface area contributed by atoms with Crippen LogP contribution in [0.3, 0.4) is 0 Å². The minimum atomic E-state index is -0.0185. The van der Waals surface area contributed by atoms with Crippen molar-refractivity contribution >= 4 is 17.2 Å². The summed E-state index contributed by atoms with van der Waals surface area (Å²) in [5, 5.41) is 1.90. The molecule has 1 aliphatic heterocycles. The average molecular weight is 226 g/mol. The first-order valence-electron chi connectivity index (χ1n) is 4.96. The molecule has 1 saturated heterocycles. The van der Waals surface area contributed by atoms with E-state index >= 15 is 0 Å². The van der Waals surface area contributed by atoms with Crippen molar-refractivity contribution < 1.29 is 9.53 Å². The van der Waals surface area contributed by atoms with Crippen molar-refractivity contribution in [2.75, 3.05) is 26.3 Å². The number of hydrazine groups is 1. The zero-order valence-electron chi connectivity index (χ0n) is 8.66. The van der Waals surface area contributed by atoms with Gasteiger partial charge in [-0.05, 0) is 19.1 Å². The Bertz CT molecular complexity index is 345. The van der Waals surface area contributed by atoms with Gasteiger partial charge in [0.15, 0.2) is 0 Å². The Balaban J connectivity index is 1.91. The molecule has 5 heteroatoms. The SMILES string of the molecule is Cc1ccc(C(=O)NN2CCOCC2)s1. The number of thiophene rings is 1. The second kappa shape index (κ2) is 4.74. The number of ether oxygens (including phenoxy) is 1. The summed E-state index contributed by atoms with van der Waals surface area (Å²) in [4.78, 5) is 13.7. The molecule has 82 valence electrons. The highest BCUT2D eigenvalue weighted by Gasteiger charge is 2.14. The third-order valence-corrected chi connectivity index (χ3v) is 3.23. The smallest absolute Gasteiger partial charge is 0.275 e. The molecule has 0 atom stereocenters. The first kappa shape index (κ1) is 10.6. The van der Waals surface area contributed by atoms with Gasteiger partial charge in [-0.15, -0.1) is 11.3 Å². The molecule has 0 radical (unpaired) electrons. The number of hydrogen-bond acceptors (Lipinski definition) is 4. The van der Waals surface area contributed by atoms with Crippen LogP contribution in [0.5, 0.6) is 0 Å². The van der Waals surface area contributed by atoms with Crippen LogP contribution in [0.2, 0.25) is 0 Å². The van der Waals surface area contributed by atoms with Crippen molar-refractivity contribution in [3.8, 4) is 0 Å². The highest BCUT2D eigenvalue weighted by molar-refractivity contribution is 7.13. The highest BCUT2D eigenvalue weighted by Crippen LogP contribution is 2.14. The molecule has 2 heterocycles. The standard InChI is InChI=1S/C10H14N2O2S/c1-8-2-3-9(15-8)10(13)11-12-4-6-14-7-5-12/h2-3H,4-7H2,1H3,(H,11,13). The summed E-state index contributed by atoms with van der Waals surface area (Å²) >= 11 is 1.51. The minimum absolute atomic E-state index is 0.0185. The van der Waals surface area contributed by atoms with E-state index in [0.29, 0.717) is 13.2 Å². The summed E-state index contributed by atoms with van der Waals surface area (Å²) in [6.07, 6.45) is 0. The number of aryl methyl sites for hydroxylation is 1. The average Bonchev–Trinajstić information content (AvgIpc) is 2.66. The van der Waals surface area contributed by atoms with Crippen LogP contribution in [0.25, 0.3) is 0 Å². The van der Waals surface area contributed by atoms with E-state index in [-0.39, 0.29) is 5.91 Å². The van der Waals surface area contributed by atoms with E-state index in [1.54, 1.807) is 0 Å². The molecule has 0 saturated carbocycles. The monoisotopic (exact) mass is 226 g/mol. The molecule has 1 fully saturated rings. The van der Waals surface area contributed by atoms with Crippen molar-refractivity contribution in [3.63, 3.8) is 0 Å². The third-order valence-electron chi connectivity index (χ3n) is 2.23. The summed E-state index contributed by atoms with van der Waals surface area (Å²) in [7, 11) is 0. The summed E-state index contributed by atoms with van der Waals surface area (Å²) < 4.78 is 5.20. The number of nitrogens with zero attached hydrogens (tertiary/aromatic N) is 1. The molecule has 0 spiro atoms. The predicted molar refractivity (Wildman–Crippen MR) is 58.9 cm³/mol. The third kappa shape index (κ3) is 2.77. The summed E-state index contributed by atoms with van der Waals surface area (Å²) in [5.74, 6) is -0.0185. The van der Waals surface area contributed by atoms with E-state index in [0.717, 1.165) is 22.8 Å². The predicted octanol–water partition coefficient (Wildman–Crippen LogP) is 1.03. The Morgan fingerprint density at radius 3 is 2.80 bits per heavy atom. The number of nitrogens with one attached hydrogen (secondary N) is 1. The van der Waals surface area contributed by atoms with Gasteiger partial charge in [-0.3, -0.25) is 10.2 Å². The fourth-order valence-corrected chi connectivity index (χ4v) is 2.19. The molecular formula is C10H14N2O2S. The second-order valence-electron chi connectivity index (χ2n) is 3.45. The molecule has 4 nitrogen and oxygen atoms in total. The van der Waals surface area contributed by atoms with Gasteiger partial charge < -0.3 is 4.74 Å². The van der Waals surface area contributed by atoms with Crippen molar-refractivity contribution in [2.24, 2.45) is 0 Å². The molecule has 1 aromatic rings. The first-order chi connectivity index (χ1) is 7.25. The van der Waals surface area contributed by atoms with Crippen LogP contribution in [-0.4, -0.2) is 37.2 Å². The van der Waals surface area contributed by atoms with Crippen LogP contribution in [0.15, 0.2) is 12.1 Å². The van der Waals surface area contributed by atoms with E-state index in [9.17, 15) is 4.79 Å². The van der Waals surface area contributed by atoms with Gasteiger partial charge in [0, 0.05) is 18.0 Å². The van der Waals surface area contributed by atoms with Crippen molar-refractivity contribution in [3.05, 3.63) is 21.9 Å². The van der Waals surface area contributed by atoms with Crippen molar-refractivity contribution in [1.82, 2.24) is 10.4 Å². The number of amides is 1. The molecule has 1 N–H and O–H groups in total. The maximum atomic E-state index is 11.7. The van der Waals surface area contributed by atoms with Crippen LogP contribution in [-0.2, 0) is 4.74 Å². The van der Waals surface area contributed by atoms with Gasteiger partial charge in [-0.1, -0.05) is 0 Å². The van der Waals surface area contributed by atoms with Gasteiger partial charge >= 0.3 is 0 Å². The van der Waals surface area contributed by atoms with Gasteiger partial charge in [-0.25, -0.2) is 5.01 Å². The van der Waals surface area contributed by atoms with Gasteiger partial charge in [0.05, 0.1) is 18.1 Å². The number of hydrogen-bond donors (Lipinski definition) is 1. The lowest BCUT2D eigenvalue weighted by atomic mass is 10.4. The summed E-state index contributed by atoms with van der Waals surface area (Å²) in [6.45, 7) is 4.88. The quantitative estimate of drug-likeness (QED) is 0.819. The fourth-order valence-electron chi connectivity index (χ4n) is 1.43. The maximum absolute atomic E-state index is 11.7. The summed E-state index contributed by atoms with van der Waals surface area (Å²) in [5.41, 5.74) is 2.87. The fraction of sp³-hybridized carbons (Fsp3) is 0.500. The Labute approximate surface area is 92.8 Å². The maximum Gasteiger partial charge on any atom is 0.275 e. The largest absolute Gasteiger partial charge is 0.379 e. The molecule has 0 bridgehead atoms. The first-order valence-corrected chi connectivity index (χ1v) is 5.77. The lowest BCUT2D eigenvalue weighted by molar-refractivity contribution is 0.0127. The zero-order chi connectivity index (χ0) is 10.7. The lowest BCUT2D eigenvalue weighted by Crippen LogP contribution is -2.48. The minimum Gasteiger partial charge on any atom is -0.379 e. The molecule has 1 aliphatic rings. The van der Waals surface area contributed by atoms with Crippen LogP contribution in [0.1, 0.15) is 14.5 Å². The number of morpholine rings is 1. The molecule has 1 aromatic heterocycles. The Kier molecular flexibility index (Phi) is 3.35. The van der Waals surface area contributed by atoms with Crippen molar-refractivity contribution in [1.29, 1.82) is 0 Å². The number of carbonyl (C=O) groups excluding carboxylic acids is 1. The molecule has 0 aromatic carbocycles. The molecule has 15 heavy (non-hydrogen) atoms. The molecule has 0 unspecified atom stereocenters. The van der Waals surface area contributed by atoms with E-state index in [1.165, 1.54) is 11.3 Å². The number of rotatable bonds is 2. The topological polar surface area (TPSA) is 41.6 Å². The van der Waals surface area contributed by atoms with E-state index in [2.05, 4.69) is 5.43 Å². The molecule has 0 aliphatic carbocycles. The van der Waals surface area contributed by atoms with Gasteiger partial charge in [0.2, 0.25) is 0 Å². The molecular weight excluding hydrogens is 212 g/mol. The molecule has 2 rings (SSSR count). The second-order valence-corrected chi connectivity index (χ2v) is 4.74. The van der Waals surface area contributed by atoms with E-state index < -0.39 is 0 Å². The van der Waals surface area contributed by atoms with Crippen LogP contribution in [0, 0.1) is 6.92 Å². The van der Waals surface area contributed by atoms with Gasteiger partial charge in [-0.2, -0.15) is 0 Å². The number of carbonyl (C=O) groups is 1. The van der Waals surface area contributed by atoms with Crippen LogP contribution in [0.4, 0.5) is 0 Å². The Morgan fingerprint density at radius 1 is 1.47 bits per heavy atom. The highest BCUT2D eigenvalue weighted by atomic mass is 32.1. The Morgan fingerprint density at radius 2 is 2.20 bits per heavy atom. The molecule has 1 amide bonds. The normalized spacial score (nSPS) is 17.7. The van der Waals surface area contributed by atoms with E-state index in [4.69, 9.17) is 4.74 Å². The van der Waals surface area contributed by atoms with Gasteiger partial charge in [0.25, 0.3) is 5.91 Å². The lowest BCUT2D eigenvalue weighted by Gasteiger charge is -2.26. The Hall–Kier alpha value is -0.910.